The zero-order valence-corrected chi connectivity index (χ0v) is 12.8. The van der Waals surface area contributed by atoms with Crippen LogP contribution in [0.4, 0.5) is 8.78 Å². The van der Waals surface area contributed by atoms with Crippen molar-refractivity contribution in [3.8, 4) is 0 Å². The van der Waals surface area contributed by atoms with Crippen molar-refractivity contribution in [2.45, 2.75) is 18.9 Å². The van der Waals surface area contributed by atoms with Gasteiger partial charge < -0.3 is 5.11 Å². The van der Waals surface area contributed by atoms with Crippen LogP contribution in [0.2, 0.25) is 5.02 Å². The lowest BCUT2D eigenvalue weighted by molar-refractivity contribution is 0.173. The molecule has 20 heavy (non-hydrogen) atoms. The van der Waals surface area contributed by atoms with E-state index in [1.54, 1.807) is 24.3 Å². The van der Waals surface area contributed by atoms with Crippen molar-refractivity contribution in [3.63, 3.8) is 0 Å². The summed E-state index contributed by atoms with van der Waals surface area (Å²) < 4.78 is 28.0. The molecule has 2 aromatic carbocycles. The first-order chi connectivity index (χ1) is 9.47. The summed E-state index contributed by atoms with van der Waals surface area (Å²) in [5, 5.41) is 10.00. The fraction of sp³-hybridized carbons (Fsp3) is 0.200. The Balaban J connectivity index is 2.09. The largest absolute Gasteiger partial charge is 0.392 e. The Hall–Kier alpha value is -0.970. The summed E-state index contributed by atoms with van der Waals surface area (Å²) in [4.78, 5) is 0. The van der Waals surface area contributed by atoms with Crippen molar-refractivity contribution < 1.29 is 13.9 Å². The van der Waals surface area contributed by atoms with Crippen molar-refractivity contribution in [1.82, 2.24) is 0 Å². The summed E-state index contributed by atoms with van der Waals surface area (Å²) >= 11 is 8.85. The van der Waals surface area contributed by atoms with Crippen LogP contribution in [0.3, 0.4) is 0 Å². The van der Waals surface area contributed by atoms with Crippen LogP contribution in [-0.2, 0) is 12.8 Å². The molecule has 2 rings (SSSR count). The molecule has 0 saturated carbocycles. The highest BCUT2D eigenvalue weighted by Gasteiger charge is 2.14. The molecule has 2 aromatic rings. The third-order valence-corrected chi connectivity index (χ3v) is 3.74. The van der Waals surface area contributed by atoms with E-state index in [2.05, 4.69) is 15.9 Å². The molecular formula is C15H12BrClF2O. The van der Waals surface area contributed by atoms with Gasteiger partial charge in [0.15, 0.2) is 0 Å². The lowest BCUT2D eigenvalue weighted by atomic mass is 10.0. The van der Waals surface area contributed by atoms with Crippen molar-refractivity contribution in [1.29, 1.82) is 0 Å². The fourth-order valence-electron chi connectivity index (χ4n) is 1.97. The van der Waals surface area contributed by atoms with E-state index < -0.39 is 17.7 Å². The van der Waals surface area contributed by atoms with Gasteiger partial charge in [-0.05, 0) is 29.3 Å². The van der Waals surface area contributed by atoms with Crippen LogP contribution in [0.1, 0.15) is 11.1 Å². The zero-order valence-electron chi connectivity index (χ0n) is 10.4. The molecule has 1 atom stereocenters. The second-order valence-electron chi connectivity index (χ2n) is 4.51. The van der Waals surface area contributed by atoms with Gasteiger partial charge in [-0.15, -0.1) is 0 Å². The molecule has 0 aliphatic heterocycles. The number of benzene rings is 2. The van der Waals surface area contributed by atoms with E-state index in [1.165, 1.54) is 12.1 Å². The number of aliphatic hydroxyl groups excluding tert-OH is 1. The minimum Gasteiger partial charge on any atom is -0.392 e. The van der Waals surface area contributed by atoms with Gasteiger partial charge in [0.25, 0.3) is 0 Å². The summed E-state index contributed by atoms with van der Waals surface area (Å²) in [6.07, 6.45) is -0.675. The molecule has 106 valence electrons. The Labute approximate surface area is 129 Å². The molecule has 0 aromatic heterocycles. The number of hydrogen-bond acceptors (Lipinski definition) is 1. The predicted octanol–water partition coefficient (Wildman–Crippen LogP) is 4.53. The van der Waals surface area contributed by atoms with E-state index in [1.807, 2.05) is 0 Å². The molecule has 0 amide bonds. The lowest BCUT2D eigenvalue weighted by Gasteiger charge is -2.12. The lowest BCUT2D eigenvalue weighted by Crippen LogP contribution is -2.15. The Morgan fingerprint density at radius 3 is 2.50 bits per heavy atom. The first kappa shape index (κ1) is 15.4. The third kappa shape index (κ3) is 3.78. The predicted molar refractivity (Wildman–Crippen MR) is 78.9 cm³/mol. The van der Waals surface area contributed by atoms with Gasteiger partial charge in [-0.2, -0.15) is 0 Å². The van der Waals surface area contributed by atoms with Gasteiger partial charge in [-0.3, -0.25) is 0 Å². The number of halogens is 4. The highest BCUT2D eigenvalue weighted by Crippen LogP contribution is 2.21. The van der Waals surface area contributed by atoms with Crippen molar-refractivity contribution in [2.24, 2.45) is 0 Å². The molecule has 0 saturated heterocycles. The van der Waals surface area contributed by atoms with Crippen molar-refractivity contribution in [2.75, 3.05) is 0 Å². The topological polar surface area (TPSA) is 20.2 Å². The Kier molecular flexibility index (Phi) is 5.13. The van der Waals surface area contributed by atoms with E-state index in [0.717, 1.165) is 0 Å². The first-order valence-corrected chi connectivity index (χ1v) is 7.19. The summed E-state index contributed by atoms with van der Waals surface area (Å²) in [5.74, 6) is -0.936. The minimum absolute atomic E-state index is 0.0181. The molecule has 0 heterocycles. The normalized spacial score (nSPS) is 12.4. The maximum absolute atomic E-state index is 13.7. The monoisotopic (exact) mass is 360 g/mol. The summed E-state index contributed by atoms with van der Waals surface area (Å²) in [6, 6.07) is 9.25. The van der Waals surface area contributed by atoms with Crippen LogP contribution >= 0.6 is 27.5 Å². The van der Waals surface area contributed by atoms with E-state index >= 15 is 0 Å². The molecule has 0 aliphatic rings. The van der Waals surface area contributed by atoms with Gasteiger partial charge in [0.1, 0.15) is 11.6 Å². The third-order valence-electron chi connectivity index (χ3n) is 2.96. The van der Waals surface area contributed by atoms with Gasteiger partial charge in [-0.1, -0.05) is 45.7 Å². The van der Waals surface area contributed by atoms with Crippen LogP contribution in [0.5, 0.6) is 0 Å². The van der Waals surface area contributed by atoms with Crippen LogP contribution < -0.4 is 0 Å². The molecule has 0 aliphatic carbocycles. The van der Waals surface area contributed by atoms with Crippen LogP contribution in [0.15, 0.2) is 40.9 Å². The molecule has 0 bridgehead atoms. The summed E-state index contributed by atoms with van der Waals surface area (Å²) in [6.45, 7) is 0. The standard InChI is InChI=1S/C15H12BrClF2O/c16-11-5-4-9(14(18)8-11)6-12(20)7-10-2-1-3-13(17)15(10)19/h1-5,8,12,20H,6-7H2. The second kappa shape index (κ2) is 6.66. The first-order valence-electron chi connectivity index (χ1n) is 6.02. The second-order valence-corrected chi connectivity index (χ2v) is 5.83. The van der Waals surface area contributed by atoms with Crippen LogP contribution in [0, 0.1) is 11.6 Å². The van der Waals surface area contributed by atoms with Gasteiger partial charge in [-0.25, -0.2) is 8.78 Å². The molecular weight excluding hydrogens is 350 g/mol. The molecule has 5 heteroatoms. The SMILES string of the molecule is OC(Cc1ccc(Br)cc1F)Cc1cccc(Cl)c1F. The maximum Gasteiger partial charge on any atom is 0.145 e. The average molecular weight is 362 g/mol. The van der Waals surface area contributed by atoms with Gasteiger partial charge in [0, 0.05) is 17.3 Å². The molecule has 0 fully saturated rings. The Morgan fingerprint density at radius 1 is 1.10 bits per heavy atom. The van der Waals surface area contributed by atoms with Gasteiger partial charge in [0.2, 0.25) is 0 Å². The van der Waals surface area contributed by atoms with Gasteiger partial charge in [0.05, 0.1) is 11.1 Å². The Morgan fingerprint density at radius 2 is 1.80 bits per heavy atom. The molecule has 1 unspecified atom stereocenters. The fourth-order valence-corrected chi connectivity index (χ4v) is 2.50. The quantitative estimate of drug-likeness (QED) is 0.848. The molecule has 0 radical (unpaired) electrons. The van der Waals surface area contributed by atoms with Crippen LogP contribution in [0.25, 0.3) is 0 Å². The highest BCUT2D eigenvalue weighted by atomic mass is 79.9. The molecule has 0 spiro atoms. The van der Waals surface area contributed by atoms with E-state index in [4.69, 9.17) is 11.6 Å². The number of hydrogen-bond donors (Lipinski definition) is 1. The maximum atomic E-state index is 13.7. The average Bonchev–Trinajstić information content (AvgIpc) is 2.38. The number of aliphatic hydroxyl groups is 1. The van der Waals surface area contributed by atoms with Gasteiger partial charge >= 0.3 is 0 Å². The van der Waals surface area contributed by atoms with Crippen molar-refractivity contribution >= 4 is 27.5 Å². The zero-order chi connectivity index (χ0) is 14.7. The van der Waals surface area contributed by atoms with E-state index in [-0.39, 0.29) is 17.9 Å². The molecule has 1 nitrogen and oxygen atoms in total. The minimum atomic E-state index is -0.876. The van der Waals surface area contributed by atoms with E-state index in [9.17, 15) is 13.9 Å². The Bertz CT molecular complexity index is 619. The van der Waals surface area contributed by atoms with Crippen LogP contribution in [-0.4, -0.2) is 11.2 Å². The van der Waals surface area contributed by atoms with Crippen molar-refractivity contribution in [3.05, 3.63) is 68.7 Å². The molecule has 1 N–H and O–H groups in total. The summed E-state index contributed by atoms with van der Waals surface area (Å²) in [7, 11) is 0. The smallest absolute Gasteiger partial charge is 0.145 e. The highest BCUT2D eigenvalue weighted by molar-refractivity contribution is 9.10. The number of rotatable bonds is 4. The summed E-state index contributed by atoms with van der Waals surface area (Å²) in [5.41, 5.74) is 0.714. The van der Waals surface area contributed by atoms with E-state index in [0.29, 0.717) is 15.6 Å².